The van der Waals surface area contributed by atoms with Crippen LogP contribution >= 0.6 is 0 Å². The first-order valence-corrected chi connectivity index (χ1v) is 6.43. The molecule has 0 saturated heterocycles. The van der Waals surface area contributed by atoms with E-state index in [4.69, 9.17) is 0 Å². The first kappa shape index (κ1) is 12.9. The third kappa shape index (κ3) is 2.63. The molecule has 4 heteroatoms. The molecule has 0 bridgehead atoms. The third-order valence-electron chi connectivity index (χ3n) is 3.63. The van der Waals surface area contributed by atoms with Gasteiger partial charge in [0.2, 0.25) is 0 Å². The van der Waals surface area contributed by atoms with E-state index in [2.05, 4.69) is 48.0 Å². The van der Waals surface area contributed by atoms with E-state index in [0.717, 1.165) is 29.2 Å². The molecule has 0 amide bonds. The van der Waals surface area contributed by atoms with Crippen molar-refractivity contribution < 1.29 is 0 Å². The molecule has 0 radical (unpaired) electrons. The zero-order valence-corrected chi connectivity index (χ0v) is 11.8. The SMILES string of the molecule is CNc1ccc2[nH]c(CC(C)C(C)(C)C)nc2n1. The maximum atomic E-state index is 4.57. The van der Waals surface area contributed by atoms with Crippen LogP contribution in [0.5, 0.6) is 0 Å². The number of pyridine rings is 1. The molecule has 1 atom stereocenters. The number of nitrogens with one attached hydrogen (secondary N) is 2. The summed E-state index contributed by atoms with van der Waals surface area (Å²) in [4.78, 5) is 12.3. The molecule has 1 unspecified atom stereocenters. The number of H-pyrrole nitrogens is 1. The Balaban J connectivity index is 2.25. The topological polar surface area (TPSA) is 53.6 Å². The quantitative estimate of drug-likeness (QED) is 0.874. The Hall–Kier alpha value is -1.58. The van der Waals surface area contributed by atoms with Crippen molar-refractivity contribution >= 4 is 17.0 Å². The van der Waals surface area contributed by atoms with Gasteiger partial charge in [-0.2, -0.15) is 0 Å². The Bertz CT molecular complexity index is 536. The number of aromatic amines is 1. The summed E-state index contributed by atoms with van der Waals surface area (Å²) < 4.78 is 0. The van der Waals surface area contributed by atoms with Gasteiger partial charge in [0.15, 0.2) is 5.65 Å². The van der Waals surface area contributed by atoms with Crippen LogP contribution in [0.4, 0.5) is 5.82 Å². The summed E-state index contributed by atoms with van der Waals surface area (Å²) in [6.07, 6.45) is 0.953. The van der Waals surface area contributed by atoms with Crippen LogP contribution in [0.3, 0.4) is 0 Å². The van der Waals surface area contributed by atoms with Gasteiger partial charge < -0.3 is 10.3 Å². The fourth-order valence-corrected chi connectivity index (χ4v) is 1.77. The summed E-state index contributed by atoms with van der Waals surface area (Å²) in [5, 5.41) is 3.03. The monoisotopic (exact) mass is 246 g/mol. The van der Waals surface area contributed by atoms with Gasteiger partial charge in [-0.25, -0.2) is 9.97 Å². The molecule has 0 spiro atoms. The molecule has 2 aromatic rings. The standard InChI is InChI=1S/C14H22N4/c1-9(14(2,3)4)8-12-16-10-6-7-11(15-5)17-13(10)18-12/h6-7,9H,8H2,1-5H3,(H2,15,16,17,18). The van der Waals surface area contributed by atoms with E-state index in [-0.39, 0.29) is 0 Å². The molecule has 2 rings (SSSR count). The van der Waals surface area contributed by atoms with Crippen LogP contribution in [0.15, 0.2) is 12.1 Å². The number of rotatable bonds is 3. The highest BCUT2D eigenvalue weighted by Crippen LogP contribution is 2.28. The summed E-state index contributed by atoms with van der Waals surface area (Å²) >= 11 is 0. The smallest absolute Gasteiger partial charge is 0.179 e. The van der Waals surface area contributed by atoms with Crippen molar-refractivity contribution in [1.82, 2.24) is 15.0 Å². The summed E-state index contributed by atoms with van der Waals surface area (Å²) in [5.41, 5.74) is 2.09. The van der Waals surface area contributed by atoms with Gasteiger partial charge in [0.05, 0.1) is 5.52 Å². The van der Waals surface area contributed by atoms with Crippen molar-refractivity contribution in [1.29, 1.82) is 0 Å². The van der Waals surface area contributed by atoms with Crippen molar-refractivity contribution in [2.24, 2.45) is 11.3 Å². The van der Waals surface area contributed by atoms with Crippen LogP contribution in [0.1, 0.15) is 33.5 Å². The minimum absolute atomic E-state index is 0.294. The van der Waals surface area contributed by atoms with E-state index >= 15 is 0 Å². The molecular weight excluding hydrogens is 224 g/mol. The lowest BCUT2D eigenvalue weighted by molar-refractivity contribution is 0.257. The van der Waals surface area contributed by atoms with Crippen LogP contribution < -0.4 is 5.32 Å². The van der Waals surface area contributed by atoms with Gasteiger partial charge in [-0.05, 0) is 23.5 Å². The predicted octanol–water partition coefficient (Wildman–Crippen LogP) is 3.22. The van der Waals surface area contributed by atoms with E-state index in [1.807, 2.05) is 19.2 Å². The molecule has 2 N–H and O–H groups in total. The largest absolute Gasteiger partial charge is 0.373 e. The van der Waals surface area contributed by atoms with Crippen molar-refractivity contribution in [3.63, 3.8) is 0 Å². The molecule has 98 valence electrons. The fraction of sp³-hybridized carbons (Fsp3) is 0.571. The number of imidazole rings is 1. The average molecular weight is 246 g/mol. The summed E-state index contributed by atoms with van der Waals surface area (Å²) in [6, 6.07) is 3.98. The Labute approximate surface area is 108 Å². The highest BCUT2D eigenvalue weighted by Gasteiger charge is 2.21. The summed E-state index contributed by atoms with van der Waals surface area (Å²) in [5.74, 6) is 2.44. The van der Waals surface area contributed by atoms with Gasteiger partial charge in [0, 0.05) is 13.5 Å². The Morgan fingerprint density at radius 3 is 2.61 bits per heavy atom. The first-order valence-electron chi connectivity index (χ1n) is 6.43. The second-order valence-corrected chi connectivity index (χ2v) is 5.97. The van der Waals surface area contributed by atoms with Crippen LogP contribution in [-0.2, 0) is 6.42 Å². The Morgan fingerprint density at radius 2 is 2.00 bits per heavy atom. The molecule has 0 aromatic carbocycles. The molecule has 0 aliphatic carbocycles. The van der Waals surface area contributed by atoms with E-state index in [9.17, 15) is 0 Å². The molecule has 0 fully saturated rings. The van der Waals surface area contributed by atoms with Crippen LogP contribution in [0, 0.1) is 11.3 Å². The van der Waals surface area contributed by atoms with Crippen molar-refractivity contribution in [3.8, 4) is 0 Å². The average Bonchev–Trinajstić information content (AvgIpc) is 2.68. The van der Waals surface area contributed by atoms with Gasteiger partial charge in [-0.3, -0.25) is 0 Å². The molecule has 2 aromatic heterocycles. The van der Waals surface area contributed by atoms with E-state index < -0.39 is 0 Å². The van der Waals surface area contributed by atoms with Gasteiger partial charge in [-0.1, -0.05) is 27.7 Å². The Kier molecular flexibility index (Phi) is 3.28. The second kappa shape index (κ2) is 4.59. The van der Waals surface area contributed by atoms with Crippen LogP contribution in [0.2, 0.25) is 0 Å². The van der Waals surface area contributed by atoms with Crippen molar-refractivity contribution in [3.05, 3.63) is 18.0 Å². The molecular formula is C14H22N4. The van der Waals surface area contributed by atoms with Crippen LogP contribution in [-0.4, -0.2) is 22.0 Å². The lowest BCUT2D eigenvalue weighted by atomic mass is 9.80. The molecule has 2 heterocycles. The number of fused-ring (bicyclic) bond motifs is 1. The van der Waals surface area contributed by atoms with Crippen molar-refractivity contribution in [2.75, 3.05) is 12.4 Å². The van der Waals surface area contributed by atoms with Gasteiger partial charge in [0.1, 0.15) is 11.6 Å². The minimum atomic E-state index is 0.294. The molecule has 4 nitrogen and oxygen atoms in total. The normalized spacial score (nSPS) is 13.8. The maximum Gasteiger partial charge on any atom is 0.179 e. The lowest BCUT2D eigenvalue weighted by Gasteiger charge is -2.26. The third-order valence-corrected chi connectivity index (χ3v) is 3.63. The number of hydrogen-bond acceptors (Lipinski definition) is 3. The molecule has 0 aliphatic heterocycles. The Morgan fingerprint density at radius 1 is 1.28 bits per heavy atom. The number of anilines is 1. The van der Waals surface area contributed by atoms with E-state index in [1.165, 1.54) is 0 Å². The number of aromatic nitrogens is 3. The van der Waals surface area contributed by atoms with E-state index in [0.29, 0.717) is 11.3 Å². The predicted molar refractivity (Wildman–Crippen MR) is 75.8 cm³/mol. The second-order valence-electron chi connectivity index (χ2n) is 5.97. The van der Waals surface area contributed by atoms with E-state index in [1.54, 1.807) is 0 Å². The van der Waals surface area contributed by atoms with Crippen LogP contribution in [0.25, 0.3) is 11.2 Å². The summed E-state index contributed by atoms with van der Waals surface area (Å²) in [6.45, 7) is 9.05. The van der Waals surface area contributed by atoms with Gasteiger partial charge in [-0.15, -0.1) is 0 Å². The zero-order chi connectivity index (χ0) is 13.3. The molecule has 0 saturated carbocycles. The zero-order valence-electron chi connectivity index (χ0n) is 11.8. The highest BCUT2D eigenvalue weighted by atomic mass is 15.0. The van der Waals surface area contributed by atoms with Gasteiger partial charge >= 0.3 is 0 Å². The first-order chi connectivity index (χ1) is 8.40. The highest BCUT2D eigenvalue weighted by molar-refractivity contribution is 5.72. The molecule has 18 heavy (non-hydrogen) atoms. The maximum absolute atomic E-state index is 4.57. The lowest BCUT2D eigenvalue weighted by Crippen LogP contribution is -2.19. The fourth-order valence-electron chi connectivity index (χ4n) is 1.77. The minimum Gasteiger partial charge on any atom is -0.373 e. The van der Waals surface area contributed by atoms with Crippen molar-refractivity contribution in [2.45, 2.75) is 34.1 Å². The molecule has 0 aliphatic rings. The van der Waals surface area contributed by atoms with Gasteiger partial charge in [0.25, 0.3) is 0 Å². The summed E-state index contributed by atoms with van der Waals surface area (Å²) in [7, 11) is 1.86. The number of hydrogen-bond donors (Lipinski definition) is 2. The number of nitrogens with zero attached hydrogens (tertiary/aromatic N) is 2.